The highest BCUT2D eigenvalue weighted by atomic mass is 32.1. The van der Waals surface area contributed by atoms with Gasteiger partial charge in [0.15, 0.2) is 0 Å². The number of thiophene rings is 1. The normalized spacial score (nSPS) is 16.2. The third-order valence-corrected chi connectivity index (χ3v) is 5.42. The standard InChI is InChI=1S/C18H24N2S/c1-13-12-16(20-10-4-5-11-20)7-8-17(13)19-15(3)18-9-6-14(2)21-18/h6-9,12,15,19H,4-5,10-11H2,1-3H3. The Morgan fingerprint density at radius 2 is 1.86 bits per heavy atom. The molecule has 0 aliphatic carbocycles. The van der Waals surface area contributed by atoms with E-state index in [0.29, 0.717) is 6.04 Å². The molecular formula is C18H24N2S. The lowest BCUT2D eigenvalue weighted by Gasteiger charge is -2.21. The molecule has 21 heavy (non-hydrogen) atoms. The summed E-state index contributed by atoms with van der Waals surface area (Å²) in [6.45, 7) is 9.01. The van der Waals surface area contributed by atoms with Crippen LogP contribution in [0.3, 0.4) is 0 Å². The Morgan fingerprint density at radius 3 is 2.48 bits per heavy atom. The molecule has 1 aliphatic rings. The number of hydrogen-bond donors (Lipinski definition) is 1. The van der Waals surface area contributed by atoms with Gasteiger partial charge in [-0.25, -0.2) is 0 Å². The average molecular weight is 300 g/mol. The van der Waals surface area contributed by atoms with Crippen molar-refractivity contribution in [2.75, 3.05) is 23.3 Å². The van der Waals surface area contributed by atoms with Gasteiger partial charge in [0.25, 0.3) is 0 Å². The van der Waals surface area contributed by atoms with Crippen LogP contribution in [-0.4, -0.2) is 13.1 Å². The lowest BCUT2D eigenvalue weighted by atomic mass is 10.1. The van der Waals surface area contributed by atoms with E-state index in [9.17, 15) is 0 Å². The van der Waals surface area contributed by atoms with E-state index >= 15 is 0 Å². The molecule has 1 N–H and O–H groups in total. The van der Waals surface area contributed by atoms with Crippen LogP contribution in [0.5, 0.6) is 0 Å². The first-order chi connectivity index (χ1) is 10.1. The maximum Gasteiger partial charge on any atom is 0.0578 e. The summed E-state index contributed by atoms with van der Waals surface area (Å²) in [5, 5.41) is 3.65. The van der Waals surface area contributed by atoms with Crippen LogP contribution < -0.4 is 10.2 Å². The molecule has 0 amide bonds. The summed E-state index contributed by atoms with van der Waals surface area (Å²) in [7, 11) is 0. The van der Waals surface area contributed by atoms with Gasteiger partial charge in [-0.2, -0.15) is 0 Å². The third kappa shape index (κ3) is 3.24. The molecule has 2 heterocycles. The van der Waals surface area contributed by atoms with E-state index in [1.807, 2.05) is 11.3 Å². The van der Waals surface area contributed by atoms with Crippen LogP contribution in [0.4, 0.5) is 11.4 Å². The van der Waals surface area contributed by atoms with E-state index in [4.69, 9.17) is 0 Å². The van der Waals surface area contributed by atoms with Crippen LogP contribution in [-0.2, 0) is 0 Å². The van der Waals surface area contributed by atoms with Gasteiger partial charge < -0.3 is 10.2 Å². The summed E-state index contributed by atoms with van der Waals surface area (Å²) < 4.78 is 0. The Morgan fingerprint density at radius 1 is 1.10 bits per heavy atom. The monoisotopic (exact) mass is 300 g/mol. The summed E-state index contributed by atoms with van der Waals surface area (Å²) >= 11 is 1.87. The van der Waals surface area contributed by atoms with Gasteiger partial charge in [0.05, 0.1) is 6.04 Å². The van der Waals surface area contributed by atoms with E-state index in [1.165, 1.54) is 52.6 Å². The summed E-state index contributed by atoms with van der Waals surface area (Å²) in [4.78, 5) is 5.26. The van der Waals surface area contributed by atoms with Gasteiger partial charge in [-0.15, -0.1) is 11.3 Å². The molecule has 0 bridgehead atoms. The molecule has 1 aliphatic heterocycles. The smallest absolute Gasteiger partial charge is 0.0578 e. The van der Waals surface area contributed by atoms with Crippen molar-refractivity contribution in [3.63, 3.8) is 0 Å². The van der Waals surface area contributed by atoms with Crippen LogP contribution in [0.15, 0.2) is 30.3 Å². The second-order valence-corrected chi connectivity index (χ2v) is 7.33. The van der Waals surface area contributed by atoms with Crippen LogP contribution in [0, 0.1) is 13.8 Å². The van der Waals surface area contributed by atoms with E-state index in [1.54, 1.807) is 0 Å². The Balaban J connectivity index is 1.73. The Kier molecular flexibility index (Phi) is 4.20. The number of nitrogens with one attached hydrogen (secondary N) is 1. The molecule has 0 saturated carbocycles. The number of rotatable bonds is 4. The molecule has 3 rings (SSSR count). The minimum Gasteiger partial charge on any atom is -0.377 e. The predicted molar refractivity (Wildman–Crippen MR) is 93.7 cm³/mol. The van der Waals surface area contributed by atoms with Gasteiger partial charge in [-0.1, -0.05) is 0 Å². The van der Waals surface area contributed by atoms with Crippen molar-refractivity contribution in [2.45, 2.75) is 39.7 Å². The van der Waals surface area contributed by atoms with Crippen molar-refractivity contribution >= 4 is 22.7 Å². The van der Waals surface area contributed by atoms with Crippen molar-refractivity contribution in [3.8, 4) is 0 Å². The Hall–Kier alpha value is -1.48. The van der Waals surface area contributed by atoms with Crippen molar-refractivity contribution in [1.29, 1.82) is 0 Å². The molecule has 2 aromatic rings. The van der Waals surface area contributed by atoms with Gasteiger partial charge in [0.1, 0.15) is 0 Å². The third-order valence-electron chi connectivity index (χ3n) is 4.24. The second kappa shape index (κ2) is 6.10. The van der Waals surface area contributed by atoms with E-state index in [-0.39, 0.29) is 0 Å². The maximum absolute atomic E-state index is 3.65. The molecule has 1 aromatic heterocycles. The van der Waals surface area contributed by atoms with E-state index in [2.05, 4.69) is 61.3 Å². The van der Waals surface area contributed by atoms with E-state index in [0.717, 1.165) is 0 Å². The first-order valence-corrected chi connectivity index (χ1v) is 8.63. The van der Waals surface area contributed by atoms with Crippen molar-refractivity contribution in [3.05, 3.63) is 45.6 Å². The van der Waals surface area contributed by atoms with Gasteiger partial charge >= 0.3 is 0 Å². The molecule has 0 spiro atoms. The fourth-order valence-corrected chi connectivity index (χ4v) is 3.85. The van der Waals surface area contributed by atoms with Crippen molar-refractivity contribution in [2.24, 2.45) is 0 Å². The van der Waals surface area contributed by atoms with Gasteiger partial charge in [0, 0.05) is 34.2 Å². The summed E-state index contributed by atoms with van der Waals surface area (Å²) in [6, 6.07) is 11.6. The number of hydrogen-bond acceptors (Lipinski definition) is 3. The number of anilines is 2. The maximum atomic E-state index is 3.65. The van der Waals surface area contributed by atoms with Gasteiger partial charge in [-0.3, -0.25) is 0 Å². The molecule has 1 fully saturated rings. The first kappa shape index (κ1) is 14.5. The number of benzene rings is 1. The van der Waals surface area contributed by atoms with Crippen LogP contribution in [0.2, 0.25) is 0 Å². The van der Waals surface area contributed by atoms with Crippen LogP contribution >= 0.6 is 11.3 Å². The zero-order valence-electron chi connectivity index (χ0n) is 13.1. The molecular weight excluding hydrogens is 276 g/mol. The fourth-order valence-electron chi connectivity index (χ4n) is 2.97. The molecule has 1 saturated heterocycles. The van der Waals surface area contributed by atoms with Crippen molar-refractivity contribution < 1.29 is 0 Å². The lowest BCUT2D eigenvalue weighted by Crippen LogP contribution is -2.17. The average Bonchev–Trinajstić information content (AvgIpc) is 3.12. The minimum atomic E-state index is 0.361. The summed E-state index contributed by atoms with van der Waals surface area (Å²) in [5.41, 5.74) is 3.95. The van der Waals surface area contributed by atoms with Crippen molar-refractivity contribution in [1.82, 2.24) is 0 Å². The zero-order valence-corrected chi connectivity index (χ0v) is 14.0. The molecule has 3 heteroatoms. The highest BCUT2D eigenvalue weighted by molar-refractivity contribution is 7.12. The van der Waals surface area contributed by atoms with Crippen LogP contribution in [0.25, 0.3) is 0 Å². The summed E-state index contributed by atoms with van der Waals surface area (Å²) in [6.07, 6.45) is 2.65. The molecule has 112 valence electrons. The Bertz CT molecular complexity index is 611. The highest BCUT2D eigenvalue weighted by Gasteiger charge is 2.14. The Labute approximate surface area is 131 Å². The van der Waals surface area contributed by atoms with Crippen LogP contribution in [0.1, 0.15) is 41.1 Å². The topological polar surface area (TPSA) is 15.3 Å². The second-order valence-electron chi connectivity index (χ2n) is 6.01. The molecule has 0 radical (unpaired) electrons. The molecule has 1 aromatic carbocycles. The SMILES string of the molecule is Cc1ccc(C(C)Nc2ccc(N3CCCC3)cc2C)s1. The minimum absolute atomic E-state index is 0.361. The first-order valence-electron chi connectivity index (χ1n) is 7.82. The molecule has 1 unspecified atom stereocenters. The largest absolute Gasteiger partial charge is 0.377 e. The summed E-state index contributed by atoms with van der Waals surface area (Å²) in [5.74, 6) is 0. The highest BCUT2D eigenvalue weighted by Crippen LogP contribution is 2.30. The van der Waals surface area contributed by atoms with Gasteiger partial charge in [-0.05, 0) is 69.5 Å². The number of aryl methyl sites for hydroxylation is 2. The predicted octanol–water partition coefficient (Wildman–Crippen LogP) is 5.14. The quantitative estimate of drug-likeness (QED) is 0.841. The number of nitrogens with zero attached hydrogens (tertiary/aromatic N) is 1. The van der Waals surface area contributed by atoms with E-state index < -0.39 is 0 Å². The van der Waals surface area contributed by atoms with Gasteiger partial charge in [0.2, 0.25) is 0 Å². The lowest BCUT2D eigenvalue weighted by molar-refractivity contribution is 0.904. The molecule has 1 atom stereocenters. The zero-order chi connectivity index (χ0) is 14.8. The fraction of sp³-hybridized carbons (Fsp3) is 0.444. The molecule has 2 nitrogen and oxygen atoms in total.